The zero-order chi connectivity index (χ0) is 21.5. The maximum absolute atomic E-state index is 13.5. The van der Waals surface area contributed by atoms with Crippen molar-refractivity contribution in [1.29, 1.82) is 0 Å². The molecule has 28 heavy (non-hydrogen) atoms. The summed E-state index contributed by atoms with van der Waals surface area (Å²) in [6.45, 7) is 1.77. The minimum absolute atomic E-state index is 0.135. The van der Waals surface area contributed by atoms with Crippen LogP contribution in [-0.2, 0) is 4.79 Å². The number of amides is 1. The highest BCUT2D eigenvalue weighted by Crippen LogP contribution is 2.53. The van der Waals surface area contributed by atoms with Crippen LogP contribution in [0.1, 0.15) is 5.56 Å². The van der Waals surface area contributed by atoms with Crippen LogP contribution < -0.4 is 5.32 Å². The number of anilines is 1. The molecule has 0 saturated heterocycles. The number of thiazole rings is 1. The minimum Gasteiger partial charge on any atom is -0.296 e. The Morgan fingerprint density at radius 1 is 0.929 bits per heavy atom. The number of carbonyl (C=O) groups excluding carboxylic acids is 1. The van der Waals surface area contributed by atoms with Crippen molar-refractivity contribution in [2.45, 2.75) is 30.9 Å². The quantitative estimate of drug-likeness (QED) is 0.627. The molecular weight excluding hydrogens is 427 g/mol. The molecule has 0 atom stereocenters. The Morgan fingerprint density at radius 3 is 1.96 bits per heavy atom. The van der Waals surface area contributed by atoms with Crippen molar-refractivity contribution in [2.75, 3.05) is 5.32 Å². The van der Waals surface area contributed by atoms with Crippen LogP contribution >= 0.6 is 11.3 Å². The van der Waals surface area contributed by atoms with Gasteiger partial charge in [-0.05, 0) is 6.92 Å². The Bertz CT molecular complexity index is 859. The topological polar surface area (TPSA) is 42.0 Å². The molecule has 0 bridgehead atoms. The van der Waals surface area contributed by atoms with Gasteiger partial charge in [-0.2, -0.15) is 39.5 Å². The molecule has 1 aromatic carbocycles. The van der Waals surface area contributed by atoms with Crippen molar-refractivity contribution in [2.24, 2.45) is 0 Å². The van der Waals surface area contributed by atoms with Gasteiger partial charge in [-0.3, -0.25) is 10.1 Å². The van der Waals surface area contributed by atoms with E-state index < -0.39 is 35.0 Å². The van der Waals surface area contributed by atoms with Gasteiger partial charge in [0.15, 0.2) is 5.13 Å². The lowest BCUT2D eigenvalue weighted by Gasteiger charge is -2.32. The summed E-state index contributed by atoms with van der Waals surface area (Å²) in [5.41, 5.74) is 1.47. The standard InChI is InChI=1S/C15H9F9N2OS/c1-7-2-4-8(5-3-7)9-6-28-11(25-9)26-10(27)12(16,17)13(18,19)14(20,21)15(22,23)24/h2-6H,1H3,(H,25,26,27). The molecule has 154 valence electrons. The van der Waals surface area contributed by atoms with Crippen LogP contribution in [0.4, 0.5) is 44.6 Å². The molecule has 0 aliphatic carbocycles. The van der Waals surface area contributed by atoms with E-state index in [4.69, 9.17) is 0 Å². The van der Waals surface area contributed by atoms with Gasteiger partial charge in [0.05, 0.1) is 5.69 Å². The van der Waals surface area contributed by atoms with Crippen LogP contribution in [0, 0.1) is 6.92 Å². The van der Waals surface area contributed by atoms with Gasteiger partial charge in [-0.15, -0.1) is 11.3 Å². The highest BCUT2D eigenvalue weighted by molar-refractivity contribution is 7.14. The number of halogens is 9. The lowest BCUT2D eigenvalue weighted by molar-refractivity contribution is -0.388. The van der Waals surface area contributed by atoms with Crippen LogP contribution in [0.15, 0.2) is 29.6 Å². The Morgan fingerprint density at radius 2 is 1.46 bits per heavy atom. The molecule has 13 heteroatoms. The fourth-order valence-corrected chi connectivity index (χ4v) is 2.60. The van der Waals surface area contributed by atoms with E-state index in [1.807, 2.05) is 0 Å². The molecule has 0 saturated carbocycles. The highest BCUT2D eigenvalue weighted by Gasteiger charge is 2.83. The number of alkyl halides is 9. The van der Waals surface area contributed by atoms with E-state index in [9.17, 15) is 44.3 Å². The smallest absolute Gasteiger partial charge is 0.296 e. The largest absolute Gasteiger partial charge is 0.460 e. The van der Waals surface area contributed by atoms with Crippen molar-refractivity contribution in [3.8, 4) is 11.3 Å². The molecule has 2 rings (SSSR count). The van der Waals surface area contributed by atoms with Crippen molar-refractivity contribution in [3.63, 3.8) is 0 Å². The number of aryl methyl sites for hydroxylation is 1. The van der Waals surface area contributed by atoms with E-state index in [0.29, 0.717) is 16.9 Å². The molecule has 0 unspecified atom stereocenters. The molecule has 0 aliphatic heterocycles. The molecule has 0 radical (unpaired) electrons. The lowest BCUT2D eigenvalue weighted by atomic mass is 10.0. The molecular formula is C15H9F9N2OS. The number of benzene rings is 1. The van der Waals surface area contributed by atoms with E-state index in [2.05, 4.69) is 4.98 Å². The first-order valence-electron chi connectivity index (χ1n) is 7.15. The van der Waals surface area contributed by atoms with Crippen LogP contribution in [0.2, 0.25) is 0 Å². The number of hydrogen-bond acceptors (Lipinski definition) is 3. The number of nitrogens with one attached hydrogen (secondary N) is 1. The molecule has 0 fully saturated rings. The van der Waals surface area contributed by atoms with Crippen molar-refractivity contribution in [3.05, 3.63) is 35.2 Å². The van der Waals surface area contributed by atoms with Crippen molar-refractivity contribution in [1.82, 2.24) is 4.98 Å². The molecule has 1 N–H and O–H groups in total. The maximum atomic E-state index is 13.5. The fourth-order valence-electron chi connectivity index (χ4n) is 1.88. The summed E-state index contributed by atoms with van der Waals surface area (Å²) < 4.78 is 115. The number of hydrogen-bond donors (Lipinski definition) is 1. The first-order chi connectivity index (χ1) is 12.6. The average molecular weight is 436 g/mol. The Labute approximate surface area is 155 Å². The highest BCUT2D eigenvalue weighted by atomic mass is 32.1. The van der Waals surface area contributed by atoms with Crippen LogP contribution in [0.3, 0.4) is 0 Å². The summed E-state index contributed by atoms with van der Waals surface area (Å²) in [5, 5.41) is 1.70. The predicted octanol–water partition coefficient (Wildman–Crippen LogP) is 5.53. The van der Waals surface area contributed by atoms with E-state index in [1.165, 1.54) is 5.38 Å². The van der Waals surface area contributed by atoms with E-state index in [-0.39, 0.29) is 5.69 Å². The third kappa shape index (κ3) is 3.66. The van der Waals surface area contributed by atoms with Gasteiger partial charge in [-0.25, -0.2) is 4.98 Å². The summed E-state index contributed by atoms with van der Waals surface area (Å²) >= 11 is 0.486. The molecule has 1 amide bonds. The predicted molar refractivity (Wildman–Crippen MR) is 81.8 cm³/mol. The maximum Gasteiger partial charge on any atom is 0.460 e. The van der Waals surface area contributed by atoms with Gasteiger partial charge >= 0.3 is 29.9 Å². The second-order valence-corrected chi connectivity index (χ2v) is 6.44. The fraction of sp³-hybridized carbons (Fsp3) is 0.333. The number of carbonyl (C=O) groups is 1. The number of nitrogens with zero attached hydrogens (tertiary/aromatic N) is 1. The molecule has 1 heterocycles. The monoisotopic (exact) mass is 436 g/mol. The zero-order valence-corrected chi connectivity index (χ0v) is 14.4. The average Bonchev–Trinajstić information content (AvgIpc) is 3.02. The SMILES string of the molecule is Cc1ccc(-c2csc(NC(=O)C(F)(F)C(F)(F)C(F)(F)C(F)(F)F)n2)cc1. The first kappa shape index (κ1) is 22.0. The number of rotatable bonds is 5. The zero-order valence-electron chi connectivity index (χ0n) is 13.6. The molecule has 0 aliphatic rings. The van der Waals surface area contributed by atoms with Gasteiger partial charge in [0.2, 0.25) is 0 Å². The van der Waals surface area contributed by atoms with Gasteiger partial charge < -0.3 is 0 Å². The Hall–Kier alpha value is -2.31. The second-order valence-electron chi connectivity index (χ2n) is 5.58. The Kier molecular flexibility index (Phi) is 5.45. The summed E-state index contributed by atoms with van der Waals surface area (Å²) in [4.78, 5) is 15.0. The Balaban J connectivity index is 2.25. The molecule has 2 aromatic rings. The van der Waals surface area contributed by atoms with Crippen molar-refractivity contribution < 1.29 is 44.3 Å². The lowest BCUT2D eigenvalue weighted by Crippen LogP contribution is -2.64. The normalized spacial score (nSPS) is 13.5. The van der Waals surface area contributed by atoms with Gasteiger partial charge in [0.25, 0.3) is 0 Å². The van der Waals surface area contributed by atoms with E-state index in [1.54, 1.807) is 31.2 Å². The van der Waals surface area contributed by atoms with Crippen molar-refractivity contribution >= 4 is 22.4 Å². The summed E-state index contributed by atoms with van der Waals surface area (Å²) in [5.74, 6) is -23.6. The van der Waals surface area contributed by atoms with Gasteiger partial charge in [0, 0.05) is 10.9 Å². The van der Waals surface area contributed by atoms with E-state index >= 15 is 0 Å². The first-order valence-corrected chi connectivity index (χ1v) is 8.03. The number of aromatic nitrogens is 1. The summed E-state index contributed by atoms with van der Waals surface area (Å²) in [6.07, 6.45) is -7.00. The molecule has 0 spiro atoms. The van der Waals surface area contributed by atoms with Crippen LogP contribution in [-0.4, -0.2) is 34.8 Å². The van der Waals surface area contributed by atoms with E-state index in [0.717, 1.165) is 10.9 Å². The third-order valence-electron chi connectivity index (χ3n) is 3.50. The second kappa shape index (κ2) is 6.94. The molecule has 3 nitrogen and oxygen atoms in total. The summed E-state index contributed by atoms with van der Waals surface area (Å²) in [7, 11) is 0. The van der Waals surface area contributed by atoms with Crippen LogP contribution in [0.5, 0.6) is 0 Å². The third-order valence-corrected chi connectivity index (χ3v) is 4.26. The minimum atomic E-state index is -7.14. The molecule has 1 aromatic heterocycles. The van der Waals surface area contributed by atoms with Crippen LogP contribution in [0.25, 0.3) is 11.3 Å². The summed E-state index contributed by atoms with van der Waals surface area (Å²) in [6, 6.07) is 6.48. The van der Waals surface area contributed by atoms with Gasteiger partial charge in [0.1, 0.15) is 0 Å². The van der Waals surface area contributed by atoms with Gasteiger partial charge in [-0.1, -0.05) is 29.8 Å².